The third kappa shape index (κ3) is 7.46. The van der Waals surface area contributed by atoms with E-state index in [1.807, 2.05) is 25.1 Å². The molecule has 0 aromatic heterocycles. The molecule has 2 aromatic carbocycles. The summed E-state index contributed by atoms with van der Waals surface area (Å²) < 4.78 is 26.7. The van der Waals surface area contributed by atoms with Crippen LogP contribution in [0.5, 0.6) is 0 Å². The third-order valence-electron chi connectivity index (χ3n) is 6.67. The Morgan fingerprint density at radius 1 is 1.08 bits per heavy atom. The van der Waals surface area contributed by atoms with Crippen LogP contribution in [0.2, 0.25) is 5.02 Å². The van der Waals surface area contributed by atoms with Gasteiger partial charge in [-0.05, 0) is 68.5 Å². The number of carbonyl (C=O) groups excluding carboxylic acids is 2. The van der Waals surface area contributed by atoms with Crippen molar-refractivity contribution in [1.29, 1.82) is 0 Å². The molecule has 1 fully saturated rings. The maximum Gasteiger partial charge on any atom is 0.244 e. The van der Waals surface area contributed by atoms with Gasteiger partial charge in [-0.1, -0.05) is 55.1 Å². The number of aryl methyl sites for hydroxylation is 2. The number of halogens is 1. The van der Waals surface area contributed by atoms with Crippen LogP contribution in [0.15, 0.2) is 42.5 Å². The van der Waals surface area contributed by atoms with Crippen molar-refractivity contribution in [2.45, 2.75) is 71.5 Å². The van der Waals surface area contributed by atoms with E-state index in [0.717, 1.165) is 52.9 Å². The molecule has 1 aliphatic rings. The number of hydrogen-bond donors (Lipinski definition) is 1. The summed E-state index contributed by atoms with van der Waals surface area (Å²) in [4.78, 5) is 28.3. The van der Waals surface area contributed by atoms with Crippen LogP contribution < -0.4 is 9.62 Å². The second-order valence-electron chi connectivity index (χ2n) is 9.73. The van der Waals surface area contributed by atoms with E-state index in [2.05, 4.69) is 5.32 Å². The molecule has 2 aromatic rings. The van der Waals surface area contributed by atoms with Crippen molar-refractivity contribution in [3.05, 3.63) is 64.2 Å². The Morgan fingerprint density at radius 2 is 1.78 bits per heavy atom. The van der Waals surface area contributed by atoms with Gasteiger partial charge in [-0.2, -0.15) is 0 Å². The monoisotopic (exact) mass is 533 g/mol. The highest BCUT2D eigenvalue weighted by Crippen LogP contribution is 2.25. The number of sulfonamides is 1. The lowest BCUT2D eigenvalue weighted by molar-refractivity contribution is -0.139. The SMILES string of the molecule is Cc1ccc(C)c(N(CC(=O)N(Cc2cccc(Cl)c2)C(C)C(=O)NC2CCCCC2)S(C)(=O)=O)c1. The highest BCUT2D eigenvalue weighted by molar-refractivity contribution is 7.92. The minimum Gasteiger partial charge on any atom is -0.352 e. The Morgan fingerprint density at radius 3 is 2.42 bits per heavy atom. The molecule has 196 valence electrons. The van der Waals surface area contributed by atoms with Gasteiger partial charge < -0.3 is 10.2 Å². The highest BCUT2D eigenvalue weighted by Gasteiger charge is 2.31. The number of hydrogen-bond acceptors (Lipinski definition) is 4. The van der Waals surface area contributed by atoms with E-state index in [-0.39, 0.29) is 18.5 Å². The topological polar surface area (TPSA) is 86.8 Å². The summed E-state index contributed by atoms with van der Waals surface area (Å²) in [6.07, 6.45) is 6.25. The Balaban J connectivity index is 1.90. The van der Waals surface area contributed by atoms with E-state index < -0.39 is 28.5 Å². The van der Waals surface area contributed by atoms with Gasteiger partial charge in [0, 0.05) is 17.6 Å². The second kappa shape index (κ2) is 12.1. The smallest absolute Gasteiger partial charge is 0.244 e. The molecule has 1 atom stereocenters. The van der Waals surface area contributed by atoms with E-state index in [0.29, 0.717) is 10.7 Å². The van der Waals surface area contributed by atoms with Crippen LogP contribution in [0.4, 0.5) is 5.69 Å². The maximum atomic E-state index is 13.7. The molecule has 36 heavy (non-hydrogen) atoms. The van der Waals surface area contributed by atoms with Crippen molar-refractivity contribution in [3.8, 4) is 0 Å². The molecule has 0 aliphatic heterocycles. The second-order valence-corrected chi connectivity index (χ2v) is 12.1. The number of nitrogens with zero attached hydrogens (tertiary/aromatic N) is 2. The standard InChI is InChI=1S/C27H36ClN3O4S/c1-19-13-14-20(2)25(15-19)31(36(4,34)35)18-26(32)30(17-22-9-8-10-23(28)16-22)21(3)27(33)29-24-11-6-5-7-12-24/h8-10,13-16,21,24H,5-7,11-12,17-18H2,1-4H3,(H,29,33). The number of carbonyl (C=O) groups is 2. The predicted molar refractivity (Wildman–Crippen MR) is 145 cm³/mol. The first-order chi connectivity index (χ1) is 17.0. The molecule has 2 amide bonds. The van der Waals surface area contributed by atoms with Crippen molar-refractivity contribution >= 4 is 39.1 Å². The lowest BCUT2D eigenvalue weighted by Crippen LogP contribution is -2.53. The van der Waals surface area contributed by atoms with Gasteiger partial charge in [0.1, 0.15) is 12.6 Å². The number of amides is 2. The van der Waals surface area contributed by atoms with Crippen molar-refractivity contribution < 1.29 is 18.0 Å². The molecular formula is C27H36ClN3O4S. The minimum atomic E-state index is -3.77. The van der Waals surface area contributed by atoms with Crippen LogP contribution in [0.1, 0.15) is 55.7 Å². The molecule has 0 spiro atoms. The first kappa shape index (κ1) is 28.0. The van der Waals surface area contributed by atoms with Crippen LogP contribution >= 0.6 is 11.6 Å². The molecule has 1 saturated carbocycles. The Labute approximate surface area is 219 Å². The molecule has 0 heterocycles. The first-order valence-corrected chi connectivity index (χ1v) is 14.6. The number of rotatable bonds is 9. The van der Waals surface area contributed by atoms with Gasteiger partial charge in [0.25, 0.3) is 0 Å². The predicted octanol–water partition coefficient (Wildman–Crippen LogP) is 4.59. The molecule has 1 N–H and O–H groups in total. The van der Waals surface area contributed by atoms with Crippen molar-refractivity contribution in [3.63, 3.8) is 0 Å². The van der Waals surface area contributed by atoms with E-state index in [9.17, 15) is 18.0 Å². The van der Waals surface area contributed by atoms with Gasteiger partial charge in [0.05, 0.1) is 11.9 Å². The summed E-state index contributed by atoms with van der Waals surface area (Å²) in [5, 5.41) is 3.61. The first-order valence-electron chi connectivity index (χ1n) is 12.3. The van der Waals surface area contributed by atoms with Gasteiger partial charge in [-0.3, -0.25) is 13.9 Å². The minimum absolute atomic E-state index is 0.0966. The number of nitrogens with one attached hydrogen (secondary N) is 1. The van der Waals surface area contributed by atoms with Crippen molar-refractivity contribution in [2.24, 2.45) is 0 Å². The lowest BCUT2D eigenvalue weighted by atomic mass is 9.95. The lowest BCUT2D eigenvalue weighted by Gasteiger charge is -2.33. The fourth-order valence-corrected chi connectivity index (χ4v) is 5.68. The van der Waals surface area contributed by atoms with E-state index in [4.69, 9.17) is 11.6 Å². The Bertz CT molecular complexity index is 1200. The number of anilines is 1. The summed E-state index contributed by atoms with van der Waals surface area (Å²) in [5.41, 5.74) is 2.83. The summed E-state index contributed by atoms with van der Waals surface area (Å²) in [5.74, 6) is -0.706. The van der Waals surface area contributed by atoms with Crippen molar-refractivity contribution in [1.82, 2.24) is 10.2 Å². The fourth-order valence-electron chi connectivity index (χ4n) is 4.57. The highest BCUT2D eigenvalue weighted by atomic mass is 35.5. The molecule has 3 rings (SSSR count). The van der Waals surface area contributed by atoms with Crippen molar-refractivity contribution in [2.75, 3.05) is 17.1 Å². The van der Waals surface area contributed by atoms with E-state index >= 15 is 0 Å². The van der Waals surface area contributed by atoms with E-state index in [1.165, 1.54) is 11.3 Å². The molecule has 1 aliphatic carbocycles. The largest absolute Gasteiger partial charge is 0.352 e. The third-order valence-corrected chi connectivity index (χ3v) is 8.03. The number of benzene rings is 2. The maximum absolute atomic E-state index is 13.7. The molecule has 9 heteroatoms. The quantitative estimate of drug-likeness (QED) is 0.511. The normalized spacial score (nSPS) is 15.2. The van der Waals surface area contributed by atoms with E-state index in [1.54, 1.807) is 38.1 Å². The molecule has 0 radical (unpaired) electrons. The summed E-state index contributed by atoms with van der Waals surface area (Å²) in [6.45, 7) is 5.08. The van der Waals surface area contributed by atoms with Gasteiger partial charge in [0.15, 0.2) is 0 Å². The van der Waals surface area contributed by atoms with Gasteiger partial charge in [-0.15, -0.1) is 0 Å². The van der Waals surface area contributed by atoms with Crippen LogP contribution in [0, 0.1) is 13.8 Å². The average molecular weight is 534 g/mol. The Kier molecular flexibility index (Phi) is 9.41. The molecule has 0 bridgehead atoms. The summed E-state index contributed by atoms with van der Waals surface area (Å²) in [6, 6.07) is 11.9. The zero-order valence-electron chi connectivity index (χ0n) is 21.5. The van der Waals surface area contributed by atoms with Gasteiger partial charge >= 0.3 is 0 Å². The molecule has 1 unspecified atom stereocenters. The summed E-state index contributed by atoms with van der Waals surface area (Å²) >= 11 is 6.16. The van der Waals surface area contributed by atoms with Crippen LogP contribution in [-0.4, -0.2) is 50.0 Å². The molecule has 0 saturated heterocycles. The summed E-state index contributed by atoms with van der Waals surface area (Å²) in [7, 11) is -3.77. The van der Waals surface area contributed by atoms with Gasteiger partial charge in [0.2, 0.25) is 21.8 Å². The van der Waals surface area contributed by atoms with Gasteiger partial charge in [-0.25, -0.2) is 8.42 Å². The zero-order valence-corrected chi connectivity index (χ0v) is 23.0. The molecular weight excluding hydrogens is 498 g/mol. The average Bonchev–Trinajstić information content (AvgIpc) is 2.82. The van der Waals surface area contributed by atoms with Crippen LogP contribution in [0.25, 0.3) is 0 Å². The van der Waals surface area contributed by atoms with Crippen LogP contribution in [-0.2, 0) is 26.2 Å². The Hall–Kier alpha value is -2.58. The molecule has 7 nitrogen and oxygen atoms in total. The zero-order chi connectivity index (χ0) is 26.5. The fraction of sp³-hybridized carbons (Fsp3) is 0.481. The van der Waals surface area contributed by atoms with Crippen LogP contribution in [0.3, 0.4) is 0 Å².